The van der Waals surface area contributed by atoms with Crippen LogP contribution in [0.4, 0.5) is 17.1 Å². The lowest BCUT2D eigenvalue weighted by Gasteiger charge is -2.19. The van der Waals surface area contributed by atoms with Crippen LogP contribution in [0.2, 0.25) is 0 Å². The molecule has 6 heteroatoms. The van der Waals surface area contributed by atoms with E-state index in [1.165, 1.54) is 0 Å². The van der Waals surface area contributed by atoms with Gasteiger partial charge in [0.15, 0.2) is 0 Å². The van der Waals surface area contributed by atoms with Crippen LogP contribution in [-0.2, 0) is 20.8 Å². The van der Waals surface area contributed by atoms with Crippen molar-refractivity contribution in [2.45, 2.75) is 33.6 Å². The molecule has 0 aromatic heterocycles. The highest BCUT2D eigenvalue weighted by Gasteiger charge is 2.36. The quantitative estimate of drug-likeness (QED) is 0.874. The Morgan fingerprint density at radius 3 is 2.48 bits per heavy atom. The second-order valence-electron chi connectivity index (χ2n) is 8.00. The van der Waals surface area contributed by atoms with Crippen LogP contribution in [0.25, 0.3) is 0 Å². The van der Waals surface area contributed by atoms with Crippen LogP contribution < -0.4 is 15.1 Å². The van der Waals surface area contributed by atoms with Gasteiger partial charge in [0.1, 0.15) is 0 Å². The van der Waals surface area contributed by atoms with Crippen molar-refractivity contribution in [3.05, 3.63) is 53.1 Å². The first-order valence-corrected chi connectivity index (χ1v) is 9.92. The Labute approximate surface area is 170 Å². The highest BCUT2D eigenvalue weighted by molar-refractivity contribution is 6.04. The maximum atomic E-state index is 12.7. The molecule has 1 saturated heterocycles. The van der Waals surface area contributed by atoms with Gasteiger partial charge in [-0.3, -0.25) is 14.4 Å². The molecular weight excluding hydrogens is 366 g/mol. The Bertz CT molecular complexity index is 994. The Kier molecular flexibility index (Phi) is 4.86. The maximum absolute atomic E-state index is 12.7. The fraction of sp³-hybridized carbons (Fsp3) is 0.348. The molecule has 29 heavy (non-hydrogen) atoms. The van der Waals surface area contributed by atoms with Crippen molar-refractivity contribution < 1.29 is 14.4 Å². The smallest absolute Gasteiger partial charge is 0.229 e. The highest BCUT2D eigenvalue weighted by Crippen LogP contribution is 2.34. The van der Waals surface area contributed by atoms with E-state index in [0.717, 1.165) is 40.2 Å². The molecule has 0 aliphatic carbocycles. The molecule has 2 aliphatic heterocycles. The summed E-state index contributed by atoms with van der Waals surface area (Å²) in [6.45, 7) is 6.58. The number of rotatable bonds is 3. The van der Waals surface area contributed by atoms with Crippen LogP contribution in [-0.4, -0.2) is 30.8 Å². The van der Waals surface area contributed by atoms with Gasteiger partial charge in [-0.1, -0.05) is 6.07 Å². The number of aryl methyl sites for hydroxylation is 2. The molecule has 2 aliphatic rings. The summed E-state index contributed by atoms with van der Waals surface area (Å²) >= 11 is 0. The van der Waals surface area contributed by atoms with Gasteiger partial charge in [-0.05, 0) is 67.3 Å². The summed E-state index contributed by atoms with van der Waals surface area (Å²) in [4.78, 5) is 40.5. The molecule has 4 rings (SSSR count). The van der Waals surface area contributed by atoms with Crippen molar-refractivity contribution >= 4 is 34.8 Å². The third-order valence-electron chi connectivity index (χ3n) is 5.64. The fourth-order valence-corrected chi connectivity index (χ4v) is 4.31. The number of carbonyl (C=O) groups excluding carboxylic acids is 3. The van der Waals surface area contributed by atoms with Crippen molar-refractivity contribution in [2.75, 3.05) is 28.2 Å². The lowest BCUT2D eigenvalue weighted by molar-refractivity contribution is -0.122. The van der Waals surface area contributed by atoms with E-state index in [-0.39, 0.29) is 30.1 Å². The van der Waals surface area contributed by atoms with Crippen molar-refractivity contribution in [3.63, 3.8) is 0 Å². The summed E-state index contributed by atoms with van der Waals surface area (Å²) in [5.41, 5.74) is 5.70. The summed E-state index contributed by atoms with van der Waals surface area (Å²) in [5, 5.41) is 2.96. The highest BCUT2D eigenvalue weighted by atomic mass is 16.2. The van der Waals surface area contributed by atoms with Crippen LogP contribution in [0.5, 0.6) is 0 Å². The largest absolute Gasteiger partial charge is 0.326 e. The summed E-state index contributed by atoms with van der Waals surface area (Å²) in [6, 6.07) is 11.6. The van der Waals surface area contributed by atoms with E-state index in [1.807, 2.05) is 44.2 Å². The normalized spacial score (nSPS) is 18.2. The number of fused-ring (bicyclic) bond motifs is 1. The molecule has 0 saturated carbocycles. The molecule has 6 nitrogen and oxygen atoms in total. The summed E-state index contributed by atoms with van der Waals surface area (Å²) in [6.07, 6.45) is 0.981. The Balaban J connectivity index is 1.48. The number of carbonyl (C=O) groups is 3. The first-order chi connectivity index (χ1) is 13.8. The first kappa shape index (κ1) is 19.2. The molecule has 2 aromatic rings. The van der Waals surface area contributed by atoms with E-state index in [2.05, 4.69) is 11.4 Å². The van der Waals surface area contributed by atoms with Crippen molar-refractivity contribution in [1.82, 2.24) is 0 Å². The lowest BCUT2D eigenvalue weighted by atomic mass is 10.1. The molecule has 1 atom stereocenters. The minimum Gasteiger partial charge on any atom is -0.326 e. The molecule has 0 spiro atoms. The van der Waals surface area contributed by atoms with Crippen LogP contribution >= 0.6 is 0 Å². The second-order valence-corrected chi connectivity index (χ2v) is 8.00. The third-order valence-corrected chi connectivity index (χ3v) is 5.64. The second kappa shape index (κ2) is 7.35. The average Bonchev–Trinajstić information content (AvgIpc) is 3.23. The number of nitrogens with zero attached hydrogens (tertiary/aromatic N) is 2. The predicted octanol–water partition coefficient (Wildman–Crippen LogP) is 3.20. The molecule has 2 heterocycles. The van der Waals surface area contributed by atoms with Gasteiger partial charge in [-0.25, -0.2) is 0 Å². The Hall–Kier alpha value is -3.15. The predicted molar refractivity (Wildman–Crippen MR) is 113 cm³/mol. The van der Waals surface area contributed by atoms with Crippen LogP contribution in [0.3, 0.4) is 0 Å². The van der Waals surface area contributed by atoms with E-state index < -0.39 is 0 Å². The minimum atomic E-state index is -0.384. The van der Waals surface area contributed by atoms with E-state index in [4.69, 9.17) is 0 Å². The van der Waals surface area contributed by atoms with E-state index >= 15 is 0 Å². The molecule has 0 bridgehead atoms. The number of hydrogen-bond acceptors (Lipinski definition) is 3. The molecular formula is C23H25N3O3. The van der Waals surface area contributed by atoms with Crippen LogP contribution in [0.1, 0.15) is 30.0 Å². The van der Waals surface area contributed by atoms with Gasteiger partial charge in [-0.2, -0.15) is 0 Å². The lowest BCUT2D eigenvalue weighted by Crippen LogP contribution is -2.28. The van der Waals surface area contributed by atoms with E-state index in [0.29, 0.717) is 13.1 Å². The standard InChI is InChI=1S/C23H25N3O3/c1-14-8-15(2)10-19(9-14)24-23(29)18-12-22(28)26(13-18)20-4-5-21-17(11-20)6-7-25(21)16(3)27/h4-5,8-11,18H,6-7,12-13H2,1-3H3,(H,24,29)/t18-/m0/s1. The molecule has 1 N–H and O–H groups in total. The maximum Gasteiger partial charge on any atom is 0.229 e. The zero-order valence-corrected chi connectivity index (χ0v) is 17.0. The third kappa shape index (κ3) is 3.75. The zero-order chi connectivity index (χ0) is 20.7. The number of anilines is 3. The van der Waals surface area contributed by atoms with Gasteiger partial charge in [0.05, 0.1) is 5.92 Å². The summed E-state index contributed by atoms with van der Waals surface area (Å²) in [5.74, 6) is -0.538. The number of hydrogen-bond donors (Lipinski definition) is 1. The minimum absolute atomic E-state index is 0.0249. The Morgan fingerprint density at radius 2 is 1.79 bits per heavy atom. The first-order valence-electron chi connectivity index (χ1n) is 9.92. The van der Waals surface area contributed by atoms with Gasteiger partial charge < -0.3 is 15.1 Å². The van der Waals surface area contributed by atoms with Crippen LogP contribution in [0.15, 0.2) is 36.4 Å². The fourth-order valence-electron chi connectivity index (χ4n) is 4.31. The van der Waals surface area contributed by atoms with Gasteiger partial charge in [-0.15, -0.1) is 0 Å². The van der Waals surface area contributed by atoms with Gasteiger partial charge in [0.25, 0.3) is 0 Å². The average molecular weight is 391 g/mol. The topological polar surface area (TPSA) is 69.7 Å². The number of amides is 3. The zero-order valence-electron chi connectivity index (χ0n) is 17.0. The summed E-state index contributed by atoms with van der Waals surface area (Å²) in [7, 11) is 0. The van der Waals surface area contributed by atoms with Crippen molar-refractivity contribution in [1.29, 1.82) is 0 Å². The molecule has 0 unspecified atom stereocenters. The Morgan fingerprint density at radius 1 is 1.07 bits per heavy atom. The van der Waals surface area contributed by atoms with Crippen molar-refractivity contribution in [2.24, 2.45) is 5.92 Å². The summed E-state index contributed by atoms with van der Waals surface area (Å²) < 4.78 is 0. The van der Waals surface area contributed by atoms with Gasteiger partial charge >= 0.3 is 0 Å². The molecule has 3 amide bonds. The van der Waals surface area contributed by atoms with E-state index in [1.54, 1.807) is 16.7 Å². The van der Waals surface area contributed by atoms with Crippen LogP contribution in [0, 0.1) is 19.8 Å². The molecule has 2 aromatic carbocycles. The molecule has 150 valence electrons. The monoisotopic (exact) mass is 391 g/mol. The number of nitrogens with one attached hydrogen (secondary N) is 1. The molecule has 1 fully saturated rings. The molecule has 0 radical (unpaired) electrons. The van der Waals surface area contributed by atoms with E-state index in [9.17, 15) is 14.4 Å². The van der Waals surface area contributed by atoms with Gasteiger partial charge in [0.2, 0.25) is 17.7 Å². The number of benzene rings is 2. The van der Waals surface area contributed by atoms with Gasteiger partial charge in [0, 0.05) is 43.5 Å². The SMILES string of the molecule is CC(=O)N1CCc2cc(N3C[C@@H](C(=O)Nc4cc(C)cc(C)c4)CC3=O)ccc21. The van der Waals surface area contributed by atoms with Crippen molar-refractivity contribution in [3.8, 4) is 0 Å².